The number of aromatic carboxylic acids is 1. The third kappa shape index (κ3) is 1.46. The molecule has 3 heterocycles. The predicted octanol–water partition coefficient (Wildman–Crippen LogP) is 1.42. The molecule has 2 N–H and O–H groups in total. The number of fused-ring (bicyclic) bond motifs is 1. The lowest BCUT2D eigenvalue weighted by molar-refractivity contribution is 0.0690. The van der Waals surface area contributed by atoms with Crippen LogP contribution in [0.3, 0.4) is 0 Å². The molecule has 0 radical (unpaired) electrons. The molecule has 3 aromatic heterocycles. The van der Waals surface area contributed by atoms with Gasteiger partial charge in [-0.2, -0.15) is 5.10 Å². The number of carboxylic acids is 1. The van der Waals surface area contributed by atoms with E-state index in [0.29, 0.717) is 5.65 Å². The number of carbonyl (C=O) groups is 1. The van der Waals surface area contributed by atoms with E-state index in [1.165, 1.54) is 6.07 Å². The number of aromatic amines is 1. The van der Waals surface area contributed by atoms with Crippen molar-refractivity contribution < 1.29 is 9.90 Å². The van der Waals surface area contributed by atoms with E-state index in [0.717, 1.165) is 11.1 Å². The Morgan fingerprint density at radius 1 is 1.41 bits per heavy atom. The highest BCUT2D eigenvalue weighted by molar-refractivity contribution is 5.87. The zero-order valence-electron chi connectivity index (χ0n) is 8.66. The van der Waals surface area contributed by atoms with Crippen LogP contribution in [0.1, 0.15) is 10.5 Å². The molecule has 0 atom stereocenters. The van der Waals surface area contributed by atoms with Crippen LogP contribution in [0.25, 0.3) is 16.8 Å². The molecule has 0 aliphatic heterocycles. The van der Waals surface area contributed by atoms with Crippen LogP contribution in [0.4, 0.5) is 0 Å². The highest BCUT2D eigenvalue weighted by Gasteiger charge is 2.11. The van der Waals surface area contributed by atoms with Gasteiger partial charge in [0.15, 0.2) is 11.3 Å². The number of rotatable bonds is 2. The summed E-state index contributed by atoms with van der Waals surface area (Å²) in [6, 6.07) is 3.30. The van der Waals surface area contributed by atoms with Crippen molar-refractivity contribution in [1.29, 1.82) is 0 Å². The summed E-state index contributed by atoms with van der Waals surface area (Å²) in [6.07, 6.45) is 6.85. The predicted molar refractivity (Wildman–Crippen MR) is 59.7 cm³/mol. The van der Waals surface area contributed by atoms with E-state index in [1.807, 2.05) is 12.3 Å². The van der Waals surface area contributed by atoms with Gasteiger partial charge in [-0.1, -0.05) is 0 Å². The maximum Gasteiger partial charge on any atom is 0.354 e. The molecule has 0 aliphatic carbocycles. The van der Waals surface area contributed by atoms with Crippen LogP contribution < -0.4 is 0 Å². The highest BCUT2D eigenvalue weighted by Crippen LogP contribution is 2.22. The van der Waals surface area contributed by atoms with Gasteiger partial charge in [0.1, 0.15) is 0 Å². The first kappa shape index (κ1) is 9.59. The SMILES string of the molecule is O=C(O)c1ccn2ncc(-c3cc[nH]c3)c2n1. The van der Waals surface area contributed by atoms with Crippen molar-refractivity contribution in [2.75, 3.05) is 0 Å². The average molecular weight is 228 g/mol. The number of nitrogens with one attached hydrogen (secondary N) is 1. The Labute approximate surface area is 95.5 Å². The minimum atomic E-state index is -1.05. The summed E-state index contributed by atoms with van der Waals surface area (Å²) in [6.45, 7) is 0. The van der Waals surface area contributed by atoms with Crippen LogP contribution in [0.15, 0.2) is 36.9 Å². The van der Waals surface area contributed by atoms with Gasteiger partial charge < -0.3 is 10.1 Å². The van der Waals surface area contributed by atoms with E-state index in [4.69, 9.17) is 5.11 Å². The Bertz CT molecular complexity index is 685. The van der Waals surface area contributed by atoms with Crippen molar-refractivity contribution in [1.82, 2.24) is 19.6 Å². The van der Waals surface area contributed by atoms with E-state index < -0.39 is 5.97 Å². The van der Waals surface area contributed by atoms with Crippen LogP contribution in [-0.4, -0.2) is 30.7 Å². The van der Waals surface area contributed by atoms with E-state index in [2.05, 4.69) is 15.1 Å². The standard InChI is InChI=1S/C11H8N4O2/c16-11(17)9-2-4-15-10(14-9)8(6-13-15)7-1-3-12-5-7/h1-6,12H,(H,16,17). The van der Waals surface area contributed by atoms with Gasteiger partial charge in [0, 0.05) is 29.7 Å². The molecule has 0 amide bonds. The van der Waals surface area contributed by atoms with E-state index in [9.17, 15) is 4.79 Å². The Morgan fingerprint density at radius 3 is 3.00 bits per heavy atom. The van der Waals surface area contributed by atoms with Crippen LogP contribution in [0, 0.1) is 0 Å². The normalized spacial score (nSPS) is 10.8. The fourth-order valence-electron chi connectivity index (χ4n) is 1.68. The fourth-order valence-corrected chi connectivity index (χ4v) is 1.68. The quantitative estimate of drug-likeness (QED) is 0.694. The van der Waals surface area contributed by atoms with Gasteiger partial charge in [-0.15, -0.1) is 0 Å². The molecule has 0 bridgehead atoms. The number of nitrogens with zero attached hydrogens (tertiary/aromatic N) is 3. The Hall–Kier alpha value is -2.63. The summed E-state index contributed by atoms with van der Waals surface area (Å²) in [5.41, 5.74) is 2.27. The van der Waals surface area contributed by atoms with Gasteiger partial charge in [-0.25, -0.2) is 14.3 Å². The van der Waals surface area contributed by atoms with Crippen LogP contribution in [-0.2, 0) is 0 Å². The smallest absolute Gasteiger partial charge is 0.354 e. The maximum atomic E-state index is 10.9. The van der Waals surface area contributed by atoms with E-state index in [-0.39, 0.29) is 5.69 Å². The van der Waals surface area contributed by atoms with Crippen LogP contribution >= 0.6 is 0 Å². The minimum Gasteiger partial charge on any atom is -0.477 e. The van der Waals surface area contributed by atoms with Crippen molar-refractivity contribution in [3.63, 3.8) is 0 Å². The Kier molecular flexibility index (Phi) is 1.94. The van der Waals surface area contributed by atoms with Gasteiger partial charge in [0.05, 0.1) is 6.20 Å². The molecule has 3 rings (SSSR count). The molecule has 17 heavy (non-hydrogen) atoms. The molecule has 0 aliphatic rings. The minimum absolute atomic E-state index is 0.00906. The van der Waals surface area contributed by atoms with Crippen LogP contribution in [0.5, 0.6) is 0 Å². The molecule has 0 aromatic carbocycles. The van der Waals surface area contributed by atoms with Crippen molar-refractivity contribution in [3.8, 4) is 11.1 Å². The first-order valence-corrected chi connectivity index (χ1v) is 4.96. The molecular formula is C11H8N4O2. The zero-order valence-corrected chi connectivity index (χ0v) is 8.66. The molecule has 0 saturated carbocycles. The second kappa shape index (κ2) is 3.44. The van der Waals surface area contributed by atoms with Gasteiger partial charge in [0.2, 0.25) is 0 Å². The van der Waals surface area contributed by atoms with Crippen LogP contribution in [0.2, 0.25) is 0 Å². The van der Waals surface area contributed by atoms with Crippen molar-refractivity contribution in [2.24, 2.45) is 0 Å². The summed E-state index contributed by atoms with van der Waals surface area (Å²) in [5.74, 6) is -1.05. The van der Waals surface area contributed by atoms with E-state index >= 15 is 0 Å². The third-order valence-corrected chi connectivity index (χ3v) is 2.50. The fraction of sp³-hybridized carbons (Fsp3) is 0. The summed E-state index contributed by atoms with van der Waals surface area (Å²) < 4.78 is 1.55. The molecule has 0 fully saturated rings. The molecular weight excluding hydrogens is 220 g/mol. The molecule has 0 unspecified atom stereocenters. The molecule has 3 aromatic rings. The second-order valence-electron chi connectivity index (χ2n) is 3.54. The second-order valence-corrected chi connectivity index (χ2v) is 3.54. The number of hydrogen-bond donors (Lipinski definition) is 2. The number of hydrogen-bond acceptors (Lipinski definition) is 3. The summed E-state index contributed by atoms with van der Waals surface area (Å²) >= 11 is 0. The Balaban J connectivity index is 2.26. The van der Waals surface area contributed by atoms with Gasteiger partial charge in [-0.3, -0.25) is 0 Å². The number of aromatic nitrogens is 4. The topological polar surface area (TPSA) is 83.3 Å². The van der Waals surface area contributed by atoms with Crippen molar-refractivity contribution in [2.45, 2.75) is 0 Å². The average Bonchev–Trinajstić information content (AvgIpc) is 2.96. The van der Waals surface area contributed by atoms with E-state index in [1.54, 1.807) is 23.1 Å². The number of carboxylic acid groups (broad SMARTS) is 1. The highest BCUT2D eigenvalue weighted by atomic mass is 16.4. The molecule has 84 valence electrons. The first-order chi connectivity index (χ1) is 8.25. The largest absolute Gasteiger partial charge is 0.477 e. The van der Waals surface area contributed by atoms with Gasteiger partial charge in [-0.05, 0) is 12.1 Å². The molecule has 6 heteroatoms. The third-order valence-electron chi connectivity index (χ3n) is 2.50. The maximum absolute atomic E-state index is 10.9. The summed E-state index contributed by atoms with van der Waals surface area (Å²) in [4.78, 5) is 17.9. The Morgan fingerprint density at radius 2 is 2.29 bits per heavy atom. The lowest BCUT2D eigenvalue weighted by Crippen LogP contribution is -2.02. The van der Waals surface area contributed by atoms with Crippen molar-refractivity contribution in [3.05, 3.63) is 42.6 Å². The lowest BCUT2D eigenvalue weighted by Gasteiger charge is -1.97. The van der Waals surface area contributed by atoms with Crippen molar-refractivity contribution >= 4 is 11.6 Å². The first-order valence-electron chi connectivity index (χ1n) is 4.96. The summed E-state index contributed by atoms with van der Waals surface area (Å²) in [7, 11) is 0. The zero-order chi connectivity index (χ0) is 11.8. The lowest BCUT2D eigenvalue weighted by atomic mass is 10.2. The molecule has 6 nitrogen and oxygen atoms in total. The monoisotopic (exact) mass is 228 g/mol. The summed E-state index contributed by atoms with van der Waals surface area (Å²) in [5, 5.41) is 13.0. The molecule has 0 saturated heterocycles. The van der Waals surface area contributed by atoms with Gasteiger partial charge >= 0.3 is 5.97 Å². The van der Waals surface area contributed by atoms with Gasteiger partial charge in [0.25, 0.3) is 0 Å². The molecule has 0 spiro atoms. The number of H-pyrrole nitrogens is 1.